The Kier molecular flexibility index (Phi) is 7.44. The Morgan fingerprint density at radius 2 is 2.08 bits per heavy atom. The van der Waals surface area contributed by atoms with Gasteiger partial charge in [-0.1, -0.05) is 12.2 Å². The van der Waals surface area contributed by atoms with E-state index in [1.54, 1.807) is 29.8 Å². The van der Waals surface area contributed by atoms with Crippen molar-refractivity contribution < 1.29 is 36.7 Å². The number of pyridine rings is 1. The summed E-state index contributed by atoms with van der Waals surface area (Å²) in [6.45, 7) is -7.35. The first-order valence-corrected chi connectivity index (χ1v) is 17.1. The van der Waals surface area contributed by atoms with Crippen LogP contribution in [0.2, 0.25) is 0 Å². The molecule has 6 heterocycles. The Bertz CT molecular complexity index is 1750. The van der Waals surface area contributed by atoms with Gasteiger partial charge in [0.1, 0.15) is 36.0 Å². The second-order valence-electron chi connectivity index (χ2n) is 8.92. The molecule has 2 unspecified atom stereocenters. The van der Waals surface area contributed by atoms with E-state index in [4.69, 9.17) is 34.6 Å². The molecule has 40 heavy (non-hydrogen) atoms. The second kappa shape index (κ2) is 10.6. The van der Waals surface area contributed by atoms with Crippen molar-refractivity contribution in [2.24, 2.45) is 0 Å². The molecule has 1 saturated heterocycles. The van der Waals surface area contributed by atoms with Crippen LogP contribution in [0, 0.1) is 6.92 Å². The molecule has 4 aromatic rings. The Morgan fingerprint density at radius 3 is 2.90 bits per heavy atom. The van der Waals surface area contributed by atoms with Crippen LogP contribution in [0.4, 0.5) is 4.39 Å². The molecule has 0 aromatic carbocycles. The van der Waals surface area contributed by atoms with Crippen molar-refractivity contribution >= 4 is 59.9 Å². The molecule has 0 saturated carbocycles. The highest BCUT2D eigenvalue weighted by Gasteiger charge is 2.51. The van der Waals surface area contributed by atoms with Crippen molar-refractivity contribution in [1.29, 1.82) is 0 Å². The number of nitrogens with one attached hydrogen (secondary N) is 1. The van der Waals surface area contributed by atoms with Gasteiger partial charge in [-0.15, -0.1) is 0 Å². The van der Waals surface area contributed by atoms with E-state index >= 15 is 4.39 Å². The predicted molar refractivity (Wildman–Crippen MR) is 144 cm³/mol. The number of fused-ring (bicyclic) bond motifs is 6. The fraction of sp³-hybridized carbons (Fsp3) is 0.450. The number of ether oxygens (including phenoxy) is 1. The van der Waals surface area contributed by atoms with E-state index in [0.717, 1.165) is 0 Å². The normalized spacial score (nSPS) is 32.1. The third kappa shape index (κ3) is 5.41. The average Bonchev–Trinajstić information content (AvgIpc) is 3.55. The number of aromatic nitrogens is 7. The zero-order valence-electron chi connectivity index (χ0n) is 20.6. The lowest BCUT2D eigenvalue weighted by Crippen LogP contribution is -2.32. The fourth-order valence-electron chi connectivity index (χ4n) is 4.51. The third-order valence-corrected chi connectivity index (χ3v) is 9.47. The molecule has 15 nitrogen and oxygen atoms in total. The highest BCUT2D eigenvalue weighted by molar-refractivity contribution is 8.44. The number of aryl methyl sites for hydroxylation is 1. The summed E-state index contributed by atoms with van der Waals surface area (Å²) in [5.41, 5.74) is 0.549. The maximum Gasteiger partial charge on any atom is 0.387 e. The zero-order valence-corrected chi connectivity index (χ0v) is 24.1. The number of thiol groups is 1. The average molecular weight is 634 g/mol. The molecule has 2 aliphatic rings. The van der Waals surface area contributed by atoms with Crippen LogP contribution < -0.4 is 5.56 Å². The van der Waals surface area contributed by atoms with E-state index in [-0.39, 0.29) is 36.7 Å². The van der Waals surface area contributed by atoms with Gasteiger partial charge in [-0.2, -0.15) is 0 Å². The fourth-order valence-corrected chi connectivity index (χ4v) is 7.01. The summed E-state index contributed by atoms with van der Waals surface area (Å²) in [4.78, 5) is 42.6. The minimum atomic E-state index is -4.26. The number of rotatable bonds is 1. The molecule has 2 N–H and O–H groups in total. The molecular formula is C20H22FN7O8P2S2. The molecule has 1 fully saturated rings. The van der Waals surface area contributed by atoms with Gasteiger partial charge in [-0.05, 0) is 30.9 Å². The molecule has 0 radical (unpaired) electrons. The van der Waals surface area contributed by atoms with Crippen molar-refractivity contribution in [3.05, 3.63) is 46.7 Å². The molecule has 0 amide bonds. The highest BCUT2D eigenvalue weighted by atomic mass is 32.7. The Labute approximate surface area is 234 Å². The van der Waals surface area contributed by atoms with Crippen LogP contribution in [0.15, 0.2) is 29.5 Å². The minimum absolute atomic E-state index is 0.0257. The predicted octanol–water partition coefficient (Wildman–Crippen LogP) is 2.31. The first-order valence-electron chi connectivity index (χ1n) is 11.8. The Hall–Kier alpha value is -2.11. The standard InChI is InChI=1S/C20H22FN7O8P2S2/c1-10-24-18-15(19(29)25-10)23-9-28(18)20-16-14(21)12(35-20)7-33-37(30,39)32-6-5-27-13(8-34-38(31,40)36-16)26-11-3-2-4-22-17(11)27/h2-4,9,12,14,16,20H,5-8H2,1H3,(H,30,39)(H,31,40)(H,24,25,29)/t12-,14-,16-,20-,37?,38?/m1/s1. The lowest BCUT2D eigenvalue weighted by Gasteiger charge is -2.24. The van der Waals surface area contributed by atoms with Gasteiger partial charge >= 0.3 is 13.5 Å². The van der Waals surface area contributed by atoms with Crippen molar-refractivity contribution in [2.45, 2.75) is 44.7 Å². The topological polar surface area (TPSA) is 178 Å². The summed E-state index contributed by atoms with van der Waals surface area (Å²) in [7, 11) is 0. The van der Waals surface area contributed by atoms with E-state index < -0.39 is 50.3 Å². The SMILES string of the molecule is Cc1nc2c(ncn2[C@@H]2O[C@@H]3COP(O)(=S)OCCn4c(nc5cccnc54)COP(=O)(S)O[C@@H]2[C@@H]3F)c(=O)[nH]1. The van der Waals surface area contributed by atoms with Crippen LogP contribution in [0.1, 0.15) is 17.9 Å². The largest absolute Gasteiger partial charge is 0.387 e. The summed E-state index contributed by atoms with van der Waals surface area (Å²) in [5.74, 6) is 0.574. The van der Waals surface area contributed by atoms with Crippen LogP contribution in [0.3, 0.4) is 0 Å². The van der Waals surface area contributed by atoms with Gasteiger partial charge in [0.2, 0.25) is 0 Å². The molecule has 20 heteroatoms. The van der Waals surface area contributed by atoms with Gasteiger partial charge in [0, 0.05) is 12.7 Å². The van der Waals surface area contributed by atoms with Crippen LogP contribution in [0.5, 0.6) is 0 Å². The van der Waals surface area contributed by atoms with Crippen molar-refractivity contribution in [2.75, 3.05) is 13.2 Å². The molecule has 214 valence electrons. The lowest BCUT2D eigenvalue weighted by atomic mass is 10.1. The van der Waals surface area contributed by atoms with Crippen LogP contribution in [-0.4, -0.2) is 70.5 Å². The first kappa shape index (κ1) is 28.0. The smallest absolute Gasteiger partial charge is 0.346 e. The van der Waals surface area contributed by atoms with E-state index in [1.165, 1.54) is 10.9 Å². The van der Waals surface area contributed by atoms with Crippen molar-refractivity contribution in [3.8, 4) is 0 Å². The maximum absolute atomic E-state index is 15.8. The van der Waals surface area contributed by atoms with Crippen LogP contribution >= 0.6 is 25.8 Å². The number of hydrogen-bond acceptors (Lipinski definition) is 12. The van der Waals surface area contributed by atoms with E-state index in [0.29, 0.717) is 17.0 Å². The summed E-state index contributed by atoms with van der Waals surface area (Å²) in [5, 5.41) is 0. The number of imidazole rings is 2. The highest BCUT2D eigenvalue weighted by Crippen LogP contribution is 2.57. The summed E-state index contributed by atoms with van der Waals surface area (Å²) in [6, 6.07) is 3.42. The molecule has 0 spiro atoms. The maximum atomic E-state index is 15.8. The van der Waals surface area contributed by atoms with Gasteiger partial charge in [-0.25, -0.2) is 28.9 Å². The molecule has 2 aliphatic heterocycles. The van der Waals surface area contributed by atoms with Crippen molar-refractivity contribution in [1.82, 2.24) is 34.1 Å². The van der Waals surface area contributed by atoms with E-state index in [2.05, 4.69) is 37.2 Å². The van der Waals surface area contributed by atoms with Gasteiger partial charge in [0.25, 0.3) is 5.56 Å². The van der Waals surface area contributed by atoms with Crippen LogP contribution in [-0.2, 0) is 52.4 Å². The molecule has 6 rings (SSSR count). The molecular weight excluding hydrogens is 611 g/mol. The Balaban J connectivity index is 1.38. The number of nitrogens with zero attached hydrogens (tertiary/aromatic N) is 6. The summed E-state index contributed by atoms with van der Waals surface area (Å²) < 4.78 is 60.0. The number of halogens is 1. The number of hydrogen-bond donors (Lipinski definition) is 3. The second-order valence-corrected chi connectivity index (χ2v) is 14.6. The number of alkyl halides is 1. The number of H-pyrrole nitrogens is 1. The number of aromatic amines is 1. The lowest BCUT2D eigenvalue weighted by molar-refractivity contribution is -0.0453. The third-order valence-electron chi connectivity index (χ3n) is 6.25. The quantitative estimate of drug-likeness (QED) is 0.206. The first-order chi connectivity index (χ1) is 19.0. The van der Waals surface area contributed by atoms with E-state index in [1.807, 2.05) is 0 Å². The van der Waals surface area contributed by atoms with E-state index in [9.17, 15) is 14.3 Å². The summed E-state index contributed by atoms with van der Waals surface area (Å²) >= 11 is 9.19. The molecule has 2 bridgehead atoms. The molecule has 0 aliphatic carbocycles. The van der Waals surface area contributed by atoms with Crippen molar-refractivity contribution in [3.63, 3.8) is 0 Å². The monoisotopic (exact) mass is 633 g/mol. The van der Waals surface area contributed by atoms with Crippen LogP contribution in [0.25, 0.3) is 22.3 Å². The minimum Gasteiger partial charge on any atom is -0.346 e. The van der Waals surface area contributed by atoms with Gasteiger partial charge in [0.05, 0.1) is 19.5 Å². The van der Waals surface area contributed by atoms with Gasteiger partial charge in [0.15, 0.2) is 29.2 Å². The molecule has 4 aromatic heterocycles. The zero-order chi connectivity index (χ0) is 28.2. The molecule has 6 atom stereocenters. The Morgan fingerprint density at radius 1 is 1.25 bits per heavy atom. The summed E-state index contributed by atoms with van der Waals surface area (Å²) in [6.07, 6.45) is -3.44. The van der Waals surface area contributed by atoms with Gasteiger partial charge < -0.3 is 28.2 Å². The van der Waals surface area contributed by atoms with Gasteiger partial charge in [-0.3, -0.25) is 18.4 Å².